The Balaban J connectivity index is 0.000000676. The first-order valence-corrected chi connectivity index (χ1v) is 15.4. The predicted octanol–water partition coefficient (Wildman–Crippen LogP) is 10.5. The Labute approximate surface area is 296 Å². The van der Waals surface area contributed by atoms with Crippen molar-refractivity contribution in [2.75, 3.05) is 19.6 Å². The summed E-state index contributed by atoms with van der Waals surface area (Å²) in [6, 6.07) is 1.01. The molecule has 21 heteroatoms. The van der Waals surface area contributed by atoms with Crippen molar-refractivity contribution in [2.45, 2.75) is 40.0 Å². The topological polar surface area (TPSA) is 27.7 Å². The monoisotopic (exact) mass is 797 g/mol. The molecule has 0 aliphatic heterocycles. The van der Waals surface area contributed by atoms with Crippen molar-refractivity contribution in [1.29, 1.82) is 0 Å². The predicted molar refractivity (Wildman–Crippen MR) is 159 cm³/mol. The van der Waals surface area contributed by atoms with E-state index < -0.39 is 128 Å². The van der Waals surface area contributed by atoms with Crippen molar-refractivity contribution in [2.24, 2.45) is 0 Å². The molecule has 0 heterocycles. The molecule has 0 aromatic heterocycles. The van der Waals surface area contributed by atoms with E-state index in [1.807, 2.05) is 0 Å². The molecule has 0 spiro atoms. The van der Waals surface area contributed by atoms with Crippen LogP contribution in [0.2, 0.25) is 0 Å². The number of quaternary nitrogens is 1. The summed E-state index contributed by atoms with van der Waals surface area (Å²) in [4.78, 5) is 0. The van der Waals surface area contributed by atoms with Gasteiger partial charge in [-0.05, 0) is 19.3 Å². The lowest BCUT2D eigenvalue weighted by Gasteiger charge is -2.38. The third kappa shape index (κ3) is 9.10. The Kier molecular flexibility index (Phi) is 14.5. The summed E-state index contributed by atoms with van der Waals surface area (Å²) < 4.78 is 234. The summed E-state index contributed by atoms with van der Waals surface area (Å²) in [5.41, 5.74) is -1.06. The molecular formula is C33H24BF16NO3. The van der Waals surface area contributed by atoms with Crippen molar-refractivity contribution >= 4 is 13.0 Å². The molecule has 0 fully saturated rings. The minimum absolute atomic E-state index is 0.00693. The molecular weight excluding hydrogens is 773 g/mol. The Morgan fingerprint density at radius 3 is 1.24 bits per heavy atom. The van der Waals surface area contributed by atoms with Gasteiger partial charge in [-0.1, -0.05) is 26.8 Å². The van der Waals surface area contributed by atoms with Crippen LogP contribution in [-0.4, -0.2) is 27.0 Å². The van der Waals surface area contributed by atoms with E-state index in [0.717, 1.165) is 0 Å². The Morgan fingerprint density at radius 2 is 0.833 bits per heavy atom. The second-order valence-corrected chi connectivity index (χ2v) is 11.1. The van der Waals surface area contributed by atoms with Gasteiger partial charge < -0.3 is 14.0 Å². The lowest BCUT2D eigenvalue weighted by molar-refractivity contribution is 0.237. The second kappa shape index (κ2) is 18.0. The van der Waals surface area contributed by atoms with Crippen LogP contribution in [0.1, 0.15) is 40.0 Å². The van der Waals surface area contributed by atoms with E-state index in [1.165, 1.54) is 6.07 Å². The zero-order valence-corrected chi connectivity index (χ0v) is 27.8. The highest BCUT2D eigenvalue weighted by Crippen LogP contribution is 2.41. The lowest BCUT2D eigenvalue weighted by atomic mass is 10.1. The first kappa shape index (κ1) is 43.6. The quantitative estimate of drug-likeness (QED) is 0.0337. The summed E-state index contributed by atoms with van der Waals surface area (Å²) in [7, 11) is -3.27. The van der Waals surface area contributed by atoms with E-state index in [1.54, 1.807) is 20.8 Å². The highest BCUT2D eigenvalue weighted by Gasteiger charge is 2.44. The van der Waals surface area contributed by atoms with E-state index in [2.05, 4.69) is 9.31 Å². The van der Waals surface area contributed by atoms with E-state index in [9.17, 15) is 57.1 Å². The van der Waals surface area contributed by atoms with E-state index in [0.29, 0.717) is 0 Å². The largest absolute Gasteiger partial charge is 0.864 e. The average Bonchev–Trinajstić information content (AvgIpc) is 3.10. The first-order chi connectivity index (χ1) is 25.3. The molecule has 0 amide bonds. The molecule has 4 aromatic carbocycles. The van der Waals surface area contributed by atoms with Crippen LogP contribution in [0.3, 0.4) is 0 Å². The molecule has 0 saturated carbocycles. The van der Waals surface area contributed by atoms with Crippen molar-refractivity contribution in [3.8, 4) is 17.2 Å². The van der Waals surface area contributed by atoms with E-state index in [4.69, 9.17) is 4.65 Å². The fourth-order valence-corrected chi connectivity index (χ4v) is 5.23. The summed E-state index contributed by atoms with van der Waals surface area (Å²) in [5.74, 6) is -38.5. The van der Waals surface area contributed by atoms with Gasteiger partial charge in [0.2, 0.25) is 40.6 Å². The fourth-order valence-electron chi connectivity index (χ4n) is 5.23. The first-order valence-electron chi connectivity index (χ1n) is 15.4. The molecule has 0 aliphatic rings. The highest BCUT2D eigenvalue weighted by molar-refractivity contribution is 6.39. The van der Waals surface area contributed by atoms with Crippen LogP contribution in [0.5, 0.6) is 17.2 Å². The zero-order chi connectivity index (χ0) is 40.8. The molecule has 294 valence electrons. The molecule has 0 atom stereocenters. The molecule has 0 unspecified atom stereocenters. The summed E-state index contributed by atoms with van der Waals surface area (Å²) in [5, 5.41) is 0. The number of benzene rings is 4. The van der Waals surface area contributed by atoms with E-state index >= 15 is 13.2 Å². The van der Waals surface area contributed by atoms with Gasteiger partial charge in [-0.3, -0.25) is 8.87 Å². The third-order valence-electron chi connectivity index (χ3n) is 7.30. The minimum Gasteiger partial charge on any atom is -0.484 e. The molecule has 4 rings (SSSR count). The molecule has 54 heavy (non-hydrogen) atoms. The fraction of sp³-hybridized carbons (Fsp3) is 0.273. The van der Waals surface area contributed by atoms with Crippen LogP contribution in [0.4, 0.5) is 75.9 Å². The van der Waals surface area contributed by atoms with Gasteiger partial charge in [0.05, 0.1) is 37.1 Å². The Morgan fingerprint density at radius 1 is 0.444 bits per heavy atom. The summed E-state index contributed by atoms with van der Waals surface area (Å²) in [6.07, 6.45) is 0.852. The third-order valence-corrected chi connectivity index (χ3v) is 7.30. The molecule has 0 saturated heterocycles. The summed E-state index contributed by atoms with van der Waals surface area (Å²) in [6.45, 7) is 4.89. The summed E-state index contributed by atoms with van der Waals surface area (Å²) >= 11 is 0. The molecule has 4 nitrogen and oxygen atoms in total. The van der Waals surface area contributed by atoms with Crippen LogP contribution in [-0.2, 0) is 0 Å². The smallest absolute Gasteiger partial charge is 0.484 e. The lowest BCUT2D eigenvalue weighted by Crippen LogP contribution is -2.52. The molecule has 0 N–H and O–H groups in total. The molecule has 4 aromatic rings. The average molecular weight is 797 g/mol. The zero-order valence-electron chi connectivity index (χ0n) is 27.8. The molecule has 0 bridgehead atoms. The van der Waals surface area contributed by atoms with Crippen molar-refractivity contribution in [3.63, 3.8) is 0 Å². The normalized spacial score (nSPS) is 11.3. The van der Waals surface area contributed by atoms with Crippen LogP contribution >= 0.6 is 0 Å². The van der Waals surface area contributed by atoms with Gasteiger partial charge in [0.15, 0.2) is 52.2 Å². The standard InChI is InChI=1S/C27H23BF12NO3.C6HF4/c1-4-7-41(8-5-2,9-6-3)24-19(36)18(35)22(39)27(23(24)40)44-28(42-25-14(31)10-12(29)16(33)20(25)37)43-26-15(32)11-13(30)17(34)21(26)38;7-3-1-4(8)6(10)5(9)2-3/h10-11H,4-9H2,1-3H3;1H/q+1;-1. The highest BCUT2D eigenvalue weighted by atomic mass is 19.2. The van der Waals surface area contributed by atoms with Gasteiger partial charge in [-0.15, -0.1) is 6.07 Å². The number of halogens is 16. The second-order valence-electron chi connectivity index (χ2n) is 11.1. The maximum atomic E-state index is 16.0. The van der Waals surface area contributed by atoms with Crippen LogP contribution in [0.15, 0.2) is 18.2 Å². The van der Waals surface area contributed by atoms with Crippen molar-refractivity contribution in [1.82, 2.24) is 4.48 Å². The van der Waals surface area contributed by atoms with Crippen LogP contribution in [0, 0.1) is 99.1 Å². The number of rotatable bonds is 13. The number of nitrogens with zero attached hydrogens (tertiary/aromatic N) is 1. The van der Waals surface area contributed by atoms with Gasteiger partial charge in [0.1, 0.15) is 0 Å². The maximum absolute atomic E-state index is 16.0. The van der Waals surface area contributed by atoms with E-state index in [-0.39, 0.29) is 57.1 Å². The van der Waals surface area contributed by atoms with Crippen molar-refractivity contribution in [3.05, 3.63) is 117 Å². The van der Waals surface area contributed by atoms with Crippen molar-refractivity contribution < 1.29 is 84.2 Å². The van der Waals surface area contributed by atoms with Gasteiger partial charge in [-0.25, -0.2) is 43.9 Å². The SMILES string of the molecule is CCC[N+](CCC)(CCC)c1c(F)c(F)c(F)c(OB(Oc2c(F)cc(F)c(F)c2F)Oc2c(F)cc(F)c(F)c2F)c1F.Fc1[c-]c(F)c(F)c(F)c1. The van der Waals surface area contributed by atoms with Gasteiger partial charge >= 0.3 is 7.32 Å². The molecule has 0 aliphatic carbocycles. The van der Waals surface area contributed by atoms with Crippen LogP contribution < -0.4 is 18.4 Å². The van der Waals surface area contributed by atoms with Crippen LogP contribution in [0.25, 0.3) is 0 Å². The Bertz CT molecular complexity index is 1900. The Hall–Kier alpha value is -4.82. The maximum Gasteiger partial charge on any atom is 0.864 e. The van der Waals surface area contributed by atoms with Gasteiger partial charge in [-0.2, -0.15) is 22.0 Å². The number of hydrogen-bond donors (Lipinski definition) is 0. The minimum atomic E-state index is -3.27. The van der Waals surface area contributed by atoms with Gasteiger partial charge in [0, 0.05) is 17.9 Å². The number of hydrogen-bond acceptors (Lipinski definition) is 3. The molecule has 0 radical (unpaired) electrons. The van der Waals surface area contributed by atoms with Gasteiger partial charge in [0.25, 0.3) is 0 Å².